The fraction of sp³-hybridized carbons (Fsp3) is 0.211. The Morgan fingerprint density at radius 3 is 2.85 bits per heavy atom. The molecule has 7 heteroatoms. The van der Waals surface area contributed by atoms with Gasteiger partial charge in [-0.05, 0) is 31.2 Å². The van der Waals surface area contributed by atoms with E-state index in [-0.39, 0.29) is 12.3 Å². The van der Waals surface area contributed by atoms with E-state index in [1.165, 1.54) is 11.3 Å². The average Bonchev–Trinajstić information content (AvgIpc) is 3.03. The number of nitrogens with zero attached hydrogens (tertiary/aromatic N) is 2. The summed E-state index contributed by atoms with van der Waals surface area (Å²) in [5, 5.41) is 3.73. The molecule has 1 amide bonds. The summed E-state index contributed by atoms with van der Waals surface area (Å²) in [6.45, 7) is 2.97. The lowest BCUT2D eigenvalue weighted by Crippen LogP contribution is -2.17. The number of hydrogen-bond acceptors (Lipinski definition) is 6. The minimum atomic E-state index is -0.0963. The van der Waals surface area contributed by atoms with Crippen molar-refractivity contribution in [2.24, 2.45) is 0 Å². The molecule has 0 saturated carbocycles. The summed E-state index contributed by atoms with van der Waals surface area (Å²) in [7, 11) is 0. The van der Waals surface area contributed by atoms with Crippen LogP contribution in [0.4, 0.5) is 5.69 Å². The topological polar surface area (TPSA) is 73.3 Å². The zero-order valence-corrected chi connectivity index (χ0v) is 15.0. The maximum Gasteiger partial charge on any atom is 0.229 e. The molecule has 0 aliphatic carbocycles. The highest BCUT2D eigenvalue weighted by molar-refractivity contribution is 7.15. The van der Waals surface area contributed by atoms with E-state index in [9.17, 15) is 4.79 Å². The third-order valence-corrected chi connectivity index (χ3v) is 5.10. The quantitative estimate of drug-likeness (QED) is 0.764. The fourth-order valence-electron chi connectivity index (χ4n) is 2.66. The van der Waals surface area contributed by atoms with Crippen molar-refractivity contribution in [1.82, 2.24) is 9.97 Å². The Morgan fingerprint density at radius 1 is 1.19 bits per heavy atom. The first-order valence-corrected chi connectivity index (χ1v) is 9.08. The van der Waals surface area contributed by atoms with Gasteiger partial charge in [0.1, 0.15) is 18.2 Å². The van der Waals surface area contributed by atoms with Gasteiger partial charge in [-0.2, -0.15) is 0 Å². The SMILES string of the molecule is Cc1nc(-c2ccccn2)sc1CC(=O)Nc1ccc2c(c1)OCCO2. The fourth-order valence-corrected chi connectivity index (χ4v) is 3.70. The first-order valence-electron chi connectivity index (χ1n) is 8.26. The molecule has 1 aliphatic heterocycles. The van der Waals surface area contributed by atoms with Crippen LogP contribution in [0.25, 0.3) is 10.7 Å². The normalized spacial score (nSPS) is 12.7. The Labute approximate surface area is 154 Å². The van der Waals surface area contributed by atoms with Crippen molar-refractivity contribution in [2.45, 2.75) is 13.3 Å². The Bertz CT molecular complexity index is 940. The Balaban J connectivity index is 1.46. The summed E-state index contributed by atoms with van der Waals surface area (Å²) < 4.78 is 11.0. The Hall–Kier alpha value is -2.93. The minimum absolute atomic E-state index is 0.0963. The molecule has 3 heterocycles. The molecule has 2 aromatic heterocycles. The van der Waals surface area contributed by atoms with Gasteiger partial charge in [0.15, 0.2) is 11.5 Å². The van der Waals surface area contributed by atoms with Gasteiger partial charge in [0.2, 0.25) is 5.91 Å². The molecule has 1 aromatic carbocycles. The van der Waals surface area contributed by atoms with E-state index >= 15 is 0 Å². The second kappa shape index (κ2) is 7.13. The number of aromatic nitrogens is 2. The van der Waals surface area contributed by atoms with E-state index in [0.29, 0.717) is 30.4 Å². The second-order valence-electron chi connectivity index (χ2n) is 5.83. The molecule has 0 saturated heterocycles. The molecule has 0 unspecified atom stereocenters. The number of thiazole rings is 1. The zero-order chi connectivity index (χ0) is 17.9. The smallest absolute Gasteiger partial charge is 0.229 e. The molecule has 0 fully saturated rings. The van der Waals surface area contributed by atoms with E-state index in [4.69, 9.17) is 9.47 Å². The molecule has 6 nitrogen and oxygen atoms in total. The van der Waals surface area contributed by atoms with Crippen molar-refractivity contribution < 1.29 is 14.3 Å². The van der Waals surface area contributed by atoms with Gasteiger partial charge in [0, 0.05) is 22.8 Å². The predicted octanol–water partition coefficient (Wildman–Crippen LogP) is 3.47. The van der Waals surface area contributed by atoms with Crippen molar-refractivity contribution in [3.05, 3.63) is 53.2 Å². The van der Waals surface area contributed by atoms with Gasteiger partial charge < -0.3 is 14.8 Å². The van der Waals surface area contributed by atoms with Crippen molar-refractivity contribution in [3.63, 3.8) is 0 Å². The number of pyridine rings is 1. The maximum absolute atomic E-state index is 12.4. The molecule has 0 bridgehead atoms. The lowest BCUT2D eigenvalue weighted by Gasteiger charge is -2.19. The average molecular weight is 367 g/mol. The molecular formula is C19H17N3O3S. The largest absolute Gasteiger partial charge is 0.486 e. The number of ether oxygens (including phenoxy) is 2. The van der Waals surface area contributed by atoms with Crippen LogP contribution in [-0.4, -0.2) is 29.1 Å². The lowest BCUT2D eigenvalue weighted by atomic mass is 10.2. The molecule has 1 N–H and O–H groups in total. The number of carbonyl (C=O) groups excluding carboxylic acids is 1. The molecule has 0 atom stereocenters. The number of fused-ring (bicyclic) bond motifs is 1. The molecular weight excluding hydrogens is 350 g/mol. The van der Waals surface area contributed by atoms with Gasteiger partial charge in [-0.1, -0.05) is 6.07 Å². The zero-order valence-electron chi connectivity index (χ0n) is 14.2. The van der Waals surface area contributed by atoms with Crippen LogP contribution in [0.3, 0.4) is 0 Å². The molecule has 0 spiro atoms. The number of rotatable bonds is 4. The van der Waals surface area contributed by atoms with Crippen LogP contribution in [-0.2, 0) is 11.2 Å². The Morgan fingerprint density at radius 2 is 2.04 bits per heavy atom. The highest BCUT2D eigenvalue weighted by Crippen LogP contribution is 2.33. The number of benzene rings is 1. The van der Waals surface area contributed by atoms with Crippen LogP contribution in [0, 0.1) is 6.92 Å². The van der Waals surface area contributed by atoms with Crippen molar-refractivity contribution >= 4 is 22.9 Å². The predicted molar refractivity (Wildman–Crippen MR) is 99.8 cm³/mol. The van der Waals surface area contributed by atoms with Gasteiger partial charge >= 0.3 is 0 Å². The summed E-state index contributed by atoms with van der Waals surface area (Å²) in [6.07, 6.45) is 2.01. The number of carbonyl (C=O) groups is 1. The number of nitrogens with one attached hydrogen (secondary N) is 1. The minimum Gasteiger partial charge on any atom is -0.486 e. The van der Waals surface area contributed by atoms with E-state index in [1.54, 1.807) is 18.3 Å². The van der Waals surface area contributed by atoms with Crippen LogP contribution in [0.2, 0.25) is 0 Å². The van der Waals surface area contributed by atoms with Gasteiger partial charge in [-0.25, -0.2) is 4.98 Å². The standard InChI is InChI=1S/C19H17N3O3S/c1-12-17(26-19(21-12)14-4-2-3-7-20-14)11-18(23)22-13-5-6-15-16(10-13)25-9-8-24-15/h2-7,10H,8-9,11H2,1H3,(H,22,23). The highest BCUT2D eigenvalue weighted by Gasteiger charge is 2.16. The number of anilines is 1. The Kier molecular flexibility index (Phi) is 4.53. The molecule has 3 aromatic rings. The van der Waals surface area contributed by atoms with Gasteiger partial charge in [-0.15, -0.1) is 11.3 Å². The number of aryl methyl sites for hydroxylation is 1. The van der Waals surface area contributed by atoms with Gasteiger partial charge in [-0.3, -0.25) is 9.78 Å². The summed E-state index contributed by atoms with van der Waals surface area (Å²) in [6, 6.07) is 11.1. The van der Waals surface area contributed by atoms with E-state index < -0.39 is 0 Å². The molecule has 1 aliphatic rings. The van der Waals surface area contributed by atoms with Gasteiger partial charge in [0.05, 0.1) is 17.8 Å². The highest BCUT2D eigenvalue weighted by atomic mass is 32.1. The maximum atomic E-state index is 12.4. The molecule has 0 radical (unpaired) electrons. The summed E-state index contributed by atoms with van der Waals surface area (Å²) >= 11 is 1.50. The summed E-state index contributed by atoms with van der Waals surface area (Å²) in [4.78, 5) is 22.2. The van der Waals surface area contributed by atoms with Crippen LogP contribution >= 0.6 is 11.3 Å². The molecule has 132 valence electrons. The number of amides is 1. The van der Waals surface area contributed by atoms with E-state index in [0.717, 1.165) is 21.3 Å². The van der Waals surface area contributed by atoms with E-state index in [1.807, 2.05) is 31.2 Å². The van der Waals surface area contributed by atoms with E-state index in [2.05, 4.69) is 15.3 Å². The van der Waals surface area contributed by atoms with Crippen LogP contribution in [0.15, 0.2) is 42.6 Å². The van der Waals surface area contributed by atoms with Crippen LogP contribution in [0.5, 0.6) is 11.5 Å². The van der Waals surface area contributed by atoms with Crippen molar-refractivity contribution in [1.29, 1.82) is 0 Å². The van der Waals surface area contributed by atoms with Crippen LogP contribution in [0.1, 0.15) is 10.6 Å². The summed E-state index contributed by atoms with van der Waals surface area (Å²) in [5.41, 5.74) is 2.36. The van der Waals surface area contributed by atoms with Crippen molar-refractivity contribution in [2.75, 3.05) is 18.5 Å². The lowest BCUT2D eigenvalue weighted by molar-refractivity contribution is -0.115. The monoisotopic (exact) mass is 367 g/mol. The molecule has 4 rings (SSSR count). The second-order valence-corrected chi connectivity index (χ2v) is 6.91. The van der Waals surface area contributed by atoms with Crippen molar-refractivity contribution in [3.8, 4) is 22.2 Å². The third-order valence-electron chi connectivity index (χ3n) is 3.92. The van der Waals surface area contributed by atoms with Gasteiger partial charge in [0.25, 0.3) is 0 Å². The number of hydrogen-bond donors (Lipinski definition) is 1. The summed E-state index contributed by atoms with van der Waals surface area (Å²) in [5.74, 6) is 1.26. The van der Waals surface area contributed by atoms with Crippen LogP contribution < -0.4 is 14.8 Å². The third kappa shape index (κ3) is 3.52. The first kappa shape index (κ1) is 16.5. The first-order chi connectivity index (χ1) is 12.7. The molecule has 26 heavy (non-hydrogen) atoms.